The fraction of sp³-hybridized carbons (Fsp3) is 0.0164. The van der Waals surface area contributed by atoms with Gasteiger partial charge in [-0.15, -0.1) is 0 Å². The molecule has 68 heavy (non-hydrogen) atoms. The highest BCUT2D eigenvalue weighted by Crippen LogP contribution is 2.48. The maximum absolute atomic E-state index is 16.8. The van der Waals surface area contributed by atoms with Crippen molar-refractivity contribution in [2.24, 2.45) is 0 Å². The van der Waals surface area contributed by atoms with E-state index in [4.69, 9.17) is 0 Å². The van der Waals surface area contributed by atoms with Crippen LogP contribution in [0.15, 0.2) is 224 Å². The fourth-order valence-electron chi connectivity index (χ4n) is 9.94. The molecule has 0 N–H and O–H groups in total. The van der Waals surface area contributed by atoms with Crippen LogP contribution in [-0.4, -0.2) is 9.13 Å². The molecule has 0 aliphatic carbocycles. The molecule has 0 radical (unpaired) electrons. The minimum absolute atomic E-state index is 0.0420. The second-order valence-corrected chi connectivity index (χ2v) is 17.1. The Labute approximate surface area is 388 Å². The Morgan fingerprint density at radius 1 is 0.294 bits per heavy atom. The normalized spacial score (nSPS) is 11.9. The second kappa shape index (κ2) is 16.1. The molecule has 0 aliphatic heterocycles. The quantitative estimate of drug-likeness (QED) is 0.141. The van der Waals surface area contributed by atoms with Crippen molar-refractivity contribution in [3.8, 4) is 67.0 Å². The Morgan fingerprint density at radius 3 is 0.912 bits per heavy atom. The molecule has 12 aromatic rings. The van der Waals surface area contributed by atoms with E-state index in [0.717, 1.165) is 78.2 Å². The Morgan fingerprint density at radius 2 is 0.618 bits per heavy atom. The van der Waals surface area contributed by atoms with Crippen LogP contribution in [0.2, 0.25) is 0 Å². The Kier molecular flexibility index (Phi) is 9.69. The van der Waals surface area contributed by atoms with Crippen molar-refractivity contribution >= 4 is 43.6 Å². The Balaban J connectivity index is 1.22. The maximum Gasteiger partial charge on any atom is 0.420 e. The molecule has 326 valence electrons. The van der Waals surface area contributed by atoms with Gasteiger partial charge >= 0.3 is 6.18 Å². The highest BCUT2D eigenvalue weighted by Gasteiger charge is 2.40. The Bertz CT molecular complexity index is 3480. The van der Waals surface area contributed by atoms with E-state index in [1.807, 2.05) is 194 Å². The molecule has 0 bridgehead atoms. The summed E-state index contributed by atoms with van der Waals surface area (Å²) >= 11 is 0. The summed E-state index contributed by atoms with van der Waals surface area (Å²) in [5.41, 5.74) is 8.32. The van der Waals surface area contributed by atoms with Gasteiger partial charge in [-0.1, -0.05) is 146 Å². The summed E-state index contributed by atoms with van der Waals surface area (Å²) in [5, 5.41) is 2.97. The van der Waals surface area contributed by atoms with Crippen LogP contribution in [0.4, 0.5) is 22.0 Å². The lowest BCUT2D eigenvalue weighted by molar-refractivity contribution is -0.137. The first-order chi connectivity index (χ1) is 33.2. The van der Waals surface area contributed by atoms with Crippen LogP contribution in [-0.2, 0) is 6.18 Å². The summed E-state index contributed by atoms with van der Waals surface area (Å²) in [6.45, 7) is 0. The van der Waals surface area contributed by atoms with Gasteiger partial charge in [-0.05, 0) is 123 Å². The number of benzene rings is 10. The third kappa shape index (κ3) is 6.94. The number of fused-ring (bicyclic) bond motifs is 6. The zero-order chi connectivity index (χ0) is 46.1. The number of nitrogens with zero attached hydrogens (tertiary/aromatic N) is 2. The predicted molar refractivity (Wildman–Crippen MR) is 267 cm³/mol. The molecule has 2 heterocycles. The monoisotopic (exact) mass is 892 g/mol. The van der Waals surface area contributed by atoms with E-state index in [2.05, 4.69) is 0 Å². The van der Waals surface area contributed by atoms with Gasteiger partial charge in [-0.2, -0.15) is 13.2 Å². The third-order valence-corrected chi connectivity index (χ3v) is 13.1. The summed E-state index contributed by atoms with van der Waals surface area (Å²) in [5.74, 6) is -1.69. The number of hydrogen-bond donors (Lipinski definition) is 0. The topological polar surface area (TPSA) is 9.86 Å². The van der Waals surface area contributed by atoms with E-state index in [9.17, 15) is 4.39 Å². The van der Waals surface area contributed by atoms with Crippen molar-refractivity contribution in [3.05, 3.63) is 242 Å². The van der Waals surface area contributed by atoms with Crippen LogP contribution >= 0.6 is 0 Å². The first-order valence-corrected chi connectivity index (χ1v) is 22.3. The number of hydrogen-bond acceptors (Lipinski definition) is 0. The molecule has 10 aromatic carbocycles. The molecule has 2 nitrogen and oxygen atoms in total. The lowest BCUT2D eigenvalue weighted by Crippen LogP contribution is -2.16. The SMILES string of the molecule is Fc1ccc(-c2cc(-n3c4ccc(-c5ccccc5)cc4c4cc(-c5ccccc5)ccc43)c(C(F)(F)F)c(-n3c4ccc(-c5ccccc5)cc4c4cc(-c5ccccc5)ccc43)c2)c(F)c1. The average molecular weight is 893 g/mol. The predicted octanol–water partition coefficient (Wildman–Crippen LogP) is 17.5. The summed E-state index contributed by atoms with van der Waals surface area (Å²) in [6, 6.07) is 68.6. The van der Waals surface area contributed by atoms with E-state index < -0.39 is 23.4 Å². The van der Waals surface area contributed by atoms with Crippen molar-refractivity contribution in [1.29, 1.82) is 0 Å². The summed E-state index contributed by atoms with van der Waals surface area (Å²) in [4.78, 5) is 0. The minimum atomic E-state index is -4.95. The van der Waals surface area contributed by atoms with E-state index in [-0.39, 0.29) is 22.5 Å². The molecule has 0 atom stereocenters. The molecule has 7 heteroatoms. The summed E-state index contributed by atoms with van der Waals surface area (Å²) < 4.78 is 84.3. The number of rotatable bonds is 7. The van der Waals surface area contributed by atoms with Gasteiger partial charge in [-0.3, -0.25) is 0 Å². The molecule has 0 unspecified atom stereocenters. The molecular formula is C61H37F5N2. The van der Waals surface area contributed by atoms with Crippen molar-refractivity contribution in [3.63, 3.8) is 0 Å². The van der Waals surface area contributed by atoms with Crippen LogP contribution in [0.5, 0.6) is 0 Å². The van der Waals surface area contributed by atoms with Crippen LogP contribution in [0.3, 0.4) is 0 Å². The molecule has 0 spiro atoms. The molecule has 12 rings (SSSR count). The first-order valence-electron chi connectivity index (χ1n) is 22.3. The standard InChI is InChI=1S/C61H37F5N2/c62-47-25-26-48(53(63)37-47)46-35-58(67-54-27-21-42(38-13-5-1-6-14-38)31-49(54)50-32-43(22-28-55(50)67)39-15-7-2-8-16-39)60(61(64,65)66)59(36-46)68-56-29-23-44(40-17-9-3-10-18-40)33-51(56)52-34-45(24-30-57(52)68)41-19-11-4-12-20-41/h1-37H. The van der Waals surface area contributed by atoms with Gasteiger partial charge in [0.1, 0.15) is 17.2 Å². The fourth-order valence-corrected chi connectivity index (χ4v) is 9.94. The van der Waals surface area contributed by atoms with Crippen molar-refractivity contribution in [1.82, 2.24) is 9.13 Å². The van der Waals surface area contributed by atoms with E-state index in [1.165, 1.54) is 18.2 Å². The minimum Gasteiger partial charge on any atom is -0.309 e. The highest BCUT2D eigenvalue weighted by molar-refractivity contribution is 6.13. The van der Waals surface area contributed by atoms with Gasteiger partial charge in [0.05, 0.1) is 33.4 Å². The number of halogens is 5. The summed E-state index contributed by atoms with van der Waals surface area (Å²) in [6.07, 6.45) is -4.95. The summed E-state index contributed by atoms with van der Waals surface area (Å²) in [7, 11) is 0. The molecule has 0 saturated heterocycles. The second-order valence-electron chi connectivity index (χ2n) is 17.1. The van der Waals surface area contributed by atoms with Gasteiger partial charge in [-0.25, -0.2) is 8.78 Å². The van der Waals surface area contributed by atoms with Gasteiger partial charge in [0.15, 0.2) is 0 Å². The van der Waals surface area contributed by atoms with Crippen molar-refractivity contribution in [2.75, 3.05) is 0 Å². The van der Waals surface area contributed by atoms with E-state index in [0.29, 0.717) is 22.1 Å². The molecule has 2 aromatic heterocycles. The molecule has 0 aliphatic rings. The lowest BCUT2D eigenvalue weighted by Gasteiger charge is -2.23. The zero-order valence-corrected chi connectivity index (χ0v) is 36.1. The van der Waals surface area contributed by atoms with Gasteiger partial charge in [0, 0.05) is 33.2 Å². The van der Waals surface area contributed by atoms with E-state index >= 15 is 17.6 Å². The maximum atomic E-state index is 16.8. The first kappa shape index (κ1) is 40.9. The van der Waals surface area contributed by atoms with Gasteiger partial charge in [0.2, 0.25) is 0 Å². The Hall–Kier alpha value is -8.55. The average Bonchev–Trinajstić information content (AvgIpc) is 3.88. The van der Waals surface area contributed by atoms with Crippen LogP contribution in [0, 0.1) is 11.6 Å². The van der Waals surface area contributed by atoms with Crippen molar-refractivity contribution < 1.29 is 22.0 Å². The molecule has 0 saturated carbocycles. The smallest absolute Gasteiger partial charge is 0.309 e. The van der Waals surface area contributed by atoms with Gasteiger partial charge < -0.3 is 9.13 Å². The van der Waals surface area contributed by atoms with Gasteiger partial charge in [0.25, 0.3) is 0 Å². The van der Waals surface area contributed by atoms with Crippen molar-refractivity contribution in [2.45, 2.75) is 6.18 Å². The largest absolute Gasteiger partial charge is 0.420 e. The molecule has 0 fully saturated rings. The third-order valence-electron chi connectivity index (χ3n) is 13.1. The number of aromatic nitrogens is 2. The highest BCUT2D eigenvalue weighted by atomic mass is 19.4. The molecular weight excluding hydrogens is 856 g/mol. The van der Waals surface area contributed by atoms with Crippen LogP contribution in [0.25, 0.3) is 111 Å². The lowest BCUT2D eigenvalue weighted by atomic mass is 9.98. The molecule has 0 amide bonds. The van der Waals surface area contributed by atoms with Crippen LogP contribution < -0.4 is 0 Å². The van der Waals surface area contributed by atoms with E-state index in [1.54, 1.807) is 9.13 Å². The number of alkyl halides is 3. The van der Waals surface area contributed by atoms with Crippen LogP contribution in [0.1, 0.15) is 5.56 Å². The zero-order valence-electron chi connectivity index (χ0n) is 36.1.